The molecule has 1 aromatic carbocycles. The van der Waals surface area contributed by atoms with Gasteiger partial charge in [-0.15, -0.1) is 0 Å². The Kier molecular flexibility index (Phi) is 4.33. The van der Waals surface area contributed by atoms with E-state index in [-0.39, 0.29) is 18.4 Å². The largest absolute Gasteiger partial charge is 0.444 e. The van der Waals surface area contributed by atoms with E-state index < -0.39 is 0 Å². The third-order valence-electron chi connectivity index (χ3n) is 4.55. The molecule has 0 spiro atoms. The molecule has 0 bridgehead atoms. The standard InChI is InChI=1S/C19H20N4O2/c24-18(22-10-4-8-17(13-22)23-11-5-9-20-23)12-16-14-25-19(21-16)15-6-2-1-3-7-15/h1-3,5-7,9,11,14,17H,4,8,10,12-13H2/t17-/m0/s1. The number of aromatic nitrogens is 3. The van der Waals surface area contributed by atoms with Gasteiger partial charge in [-0.1, -0.05) is 18.2 Å². The van der Waals surface area contributed by atoms with E-state index in [1.54, 1.807) is 12.5 Å². The van der Waals surface area contributed by atoms with Crippen molar-refractivity contribution in [2.45, 2.75) is 25.3 Å². The molecule has 0 N–H and O–H groups in total. The van der Waals surface area contributed by atoms with E-state index >= 15 is 0 Å². The zero-order chi connectivity index (χ0) is 17.1. The van der Waals surface area contributed by atoms with Gasteiger partial charge in [0.15, 0.2) is 0 Å². The van der Waals surface area contributed by atoms with Crippen LogP contribution in [-0.4, -0.2) is 38.7 Å². The summed E-state index contributed by atoms with van der Waals surface area (Å²) in [6.45, 7) is 1.49. The second-order valence-electron chi connectivity index (χ2n) is 6.31. The van der Waals surface area contributed by atoms with Crippen LogP contribution in [0.25, 0.3) is 11.5 Å². The van der Waals surface area contributed by atoms with E-state index in [4.69, 9.17) is 4.42 Å². The van der Waals surface area contributed by atoms with Crippen LogP contribution in [0.15, 0.2) is 59.5 Å². The monoisotopic (exact) mass is 336 g/mol. The second-order valence-corrected chi connectivity index (χ2v) is 6.31. The minimum Gasteiger partial charge on any atom is -0.444 e. The summed E-state index contributed by atoms with van der Waals surface area (Å²) in [5, 5.41) is 4.31. The molecule has 3 heterocycles. The van der Waals surface area contributed by atoms with Crippen molar-refractivity contribution in [3.63, 3.8) is 0 Å². The van der Waals surface area contributed by atoms with Crippen molar-refractivity contribution in [1.29, 1.82) is 0 Å². The van der Waals surface area contributed by atoms with Gasteiger partial charge in [0.1, 0.15) is 6.26 Å². The highest BCUT2D eigenvalue weighted by molar-refractivity contribution is 5.78. The number of rotatable bonds is 4. The molecule has 1 aliphatic rings. The summed E-state index contributed by atoms with van der Waals surface area (Å²) in [6.07, 6.45) is 7.62. The second kappa shape index (κ2) is 6.93. The van der Waals surface area contributed by atoms with Gasteiger partial charge in [0, 0.05) is 31.0 Å². The maximum absolute atomic E-state index is 12.6. The Hall–Kier alpha value is -2.89. The Morgan fingerprint density at radius 3 is 2.92 bits per heavy atom. The number of piperidine rings is 1. The molecule has 25 heavy (non-hydrogen) atoms. The van der Waals surface area contributed by atoms with Crippen molar-refractivity contribution < 1.29 is 9.21 Å². The minimum atomic E-state index is 0.0877. The van der Waals surface area contributed by atoms with Crippen LogP contribution in [0, 0.1) is 0 Å². The van der Waals surface area contributed by atoms with E-state index in [0.717, 1.165) is 24.9 Å². The molecule has 6 nitrogen and oxygen atoms in total. The van der Waals surface area contributed by atoms with Gasteiger partial charge in [0.05, 0.1) is 18.2 Å². The Bertz CT molecular complexity index is 826. The predicted octanol–water partition coefficient (Wildman–Crippen LogP) is 2.94. The quantitative estimate of drug-likeness (QED) is 0.735. The number of benzene rings is 1. The van der Waals surface area contributed by atoms with Crippen molar-refractivity contribution in [1.82, 2.24) is 19.7 Å². The smallest absolute Gasteiger partial charge is 0.228 e. The molecular weight excluding hydrogens is 316 g/mol. The average Bonchev–Trinajstić information content (AvgIpc) is 3.35. The van der Waals surface area contributed by atoms with Gasteiger partial charge in [-0.2, -0.15) is 5.10 Å². The van der Waals surface area contributed by atoms with E-state index in [1.807, 2.05) is 52.2 Å². The van der Waals surface area contributed by atoms with Gasteiger partial charge in [0.2, 0.25) is 11.8 Å². The van der Waals surface area contributed by atoms with Crippen molar-refractivity contribution in [2.75, 3.05) is 13.1 Å². The van der Waals surface area contributed by atoms with Gasteiger partial charge in [-0.25, -0.2) is 4.98 Å². The fourth-order valence-corrected chi connectivity index (χ4v) is 3.26. The third-order valence-corrected chi connectivity index (χ3v) is 4.55. The number of amides is 1. The SMILES string of the molecule is O=C(Cc1coc(-c2ccccc2)n1)N1CCC[C@H](n2cccn2)C1. The van der Waals surface area contributed by atoms with E-state index in [9.17, 15) is 4.79 Å². The van der Waals surface area contributed by atoms with Crippen LogP contribution in [0.5, 0.6) is 0 Å². The number of carbonyl (C=O) groups excluding carboxylic acids is 1. The number of nitrogens with zero attached hydrogens (tertiary/aromatic N) is 4. The molecule has 0 saturated carbocycles. The number of oxazole rings is 1. The topological polar surface area (TPSA) is 64.2 Å². The lowest BCUT2D eigenvalue weighted by Gasteiger charge is -2.32. The molecule has 2 aromatic heterocycles. The van der Waals surface area contributed by atoms with E-state index in [2.05, 4.69) is 10.1 Å². The zero-order valence-electron chi connectivity index (χ0n) is 13.9. The molecule has 6 heteroatoms. The lowest BCUT2D eigenvalue weighted by atomic mass is 10.1. The molecule has 1 atom stereocenters. The van der Waals surface area contributed by atoms with Crippen LogP contribution in [0.3, 0.4) is 0 Å². The fourth-order valence-electron chi connectivity index (χ4n) is 3.26. The predicted molar refractivity (Wildman–Crippen MR) is 92.7 cm³/mol. The van der Waals surface area contributed by atoms with Crippen LogP contribution in [-0.2, 0) is 11.2 Å². The summed E-state index contributed by atoms with van der Waals surface area (Å²) < 4.78 is 7.47. The molecule has 1 fully saturated rings. The highest BCUT2D eigenvalue weighted by Crippen LogP contribution is 2.22. The molecule has 4 rings (SSSR count). The first kappa shape index (κ1) is 15.6. The van der Waals surface area contributed by atoms with Crippen LogP contribution < -0.4 is 0 Å². The average molecular weight is 336 g/mol. The Morgan fingerprint density at radius 1 is 1.24 bits per heavy atom. The molecule has 0 aliphatic carbocycles. The molecule has 3 aromatic rings. The van der Waals surface area contributed by atoms with Crippen LogP contribution in [0.4, 0.5) is 0 Å². The maximum atomic E-state index is 12.6. The molecule has 1 saturated heterocycles. The number of likely N-dealkylation sites (tertiary alicyclic amines) is 1. The normalized spacial score (nSPS) is 17.6. The lowest BCUT2D eigenvalue weighted by molar-refractivity contribution is -0.132. The molecular formula is C19H20N4O2. The summed E-state index contributed by atoms with van der Waals surface area (Å²) in [7, 11) is 0. The summed E-state index contributed by atoms with van der Waals surface area (Å²) in [4.78, 5) is 19.0. The summed E-state index contributed by atoms with van der Waals surface area (Å²) in [5.74, 6) is 0.640. The van der Waals surface area contributed by atoms with Crippen molar-refractivity contribution in [3.8, 4) is 11.5 Å². The van der Waals surface area contributed by atoms with Crippen LogP contribution in [0.2, 0.25) is 0 Å². The zero-order valence-corrected chi connectivity index (χ0v) is 13.9. The minimum absolute atomic E-state index is 0.0877. The fraction of sp³-hybridized carbons (Fsp3) is 0.316. The summed E-state index contributed by atoms with van der Waals surface area (Å²) in [6, 6.07) is 11.9. The number of hydrogen-bond acceptors (Lipinski definition) is 4. The third kappa shape index (κ3) is 3.47. The molecule has 0 unspecified atom stereocenters. The molecule has 1 amide bonds. The first-order valence-electron chi connectivity index (χ1n) is 8.56. The first-order chi connectivity index (χ1) is 12.3. The summed E-state index contributed by atoms with van der Waals surface area (Å²) in [5.41, 5.74) is 1.59. The van der Waals surface area contributed by atoms with Gasteiger partial charge in [0.25, 0.3) is 0 Å². The Labute approximate surface area is 146 Å². The van der Waals surface area contributed by atoms with Gasteiger partial charge in [-0.05, 0) is 31.0 Å². The van der Waals surface area contributed by atoms with Gasteiger partial charge < -0.3 is 9.32 Å². The first-order valence-corrected chi connectivity index (χ1v) is 8.56. The number of carbonyl (C=O) groups is 1. The highest BCUT2D eigenvalue weighted by Gasteiger charge is 2.25. The Morgan fingerprint density at radius 2 is 2.12 bits per heavy atom. The van der Waals surface area contributed by atoms with Gasteiger partial charge >= 0.3 is 0 Å². The van der Waals surface area contributed by atoms with E-state index in [1.165, 1.54) is 0 Å². The molecule has 128 valence electrons. The van der Waals surface area contributed by atoms with E-state index in [0.29, 0.717) is 18.1 Å². The van der Waals surface area contributed by atoms with Crippen LogP contribution in [0.1, 0.15) is 24.6 Å². The summed E-state index contributed by atoms with van der Waals surface area (Å²) >= 11 is 0. The molecule has 0 radical (unpaired) electrons. The molecule has 1 aliphatic heterocycles. The lowest BCUT2D eigenvalue weighted by Crippen LogP contribution is -2.41. The van der Waals surface area contributed by atoms with Crippen molar-refractivity contribution in [3.05, 3.63) is 60.7 Å². The number of hydrogen-bond donors (Lipinski definition) is 0. The van der Waals surface area contributed by atoms with Crippen molar-refractivity contribution >= 4 is 5.91 Å². The Balaban J connectivity index is 1.41. The van der Waals surface area contributed by atoms with Crippen LogP contribution >= 0.6 is 0 Å². The van der Waals surface area contributed by atoms with Gasteiger partial charge in [-0.3, -0.25) is 9.48 Å². The maximum Gasteiger partial charge on any atom is 0.228 e. The van der Waals surface area contributed by atoms with Crippen molar-refractivity contribution in [2.24, 2.45) is 0 Å². The highest BCUT2D eigenvalue weighted by atomic mass is 16.3.